The molecular weight excluding hydrogens is 480 g/mol. The highest BCUT2D eigenvalue weighted by atomic mass is 79.9. The third-order valence-electron chi connectivity index (χ3n) is 3.45. The van der Waals surface area contributed by atoms with Gasteiger partial charge in [-0.25, -0.2) is 10.2 Å². The van der Waals surface area contributed by atoms with Crippen LogP contribution in [0.3, 0.4) is 0 Å². The van der Waals surface area contributed by atoms with Crippen LogP contribution in [0, 0.1) is 0 Å². The average molecular weight is 494 g/mol. The number of hydrogen-bond acceptors (Lipinski definition) is 6. The summed E-state index contributed by atoms with van der Waals surface area (Å²) >= 11 is 10.5. The molecule has 1 N–H and O–H groups in total. The summed E-state index contributed by atoms with van der Waals surface area (Å²) in [7, 11) is 0. The molecule has 3 aromatic rings. The van der Waals surface area contributed by atoms with Gasteiger partial charge in [-0.3, -0.25) is 4.79 Å². The normalized spacial score (nSPS) is 10.7. The summed E-state index contributed by atoms with van der Waals surface area (Å²) in [5.41, 5.74) is 3.03. The second-order valence-corrected chi connectivity index (χ2v) is 7.83. The van der Waals surface area contributed by atoms with Crippen molar-refractivity contribution in [3.63, 3.8) is 0 Å². The predicted molar refractivity (Wildman–Crippen MR) is 116 cm³/mol. The summed E-state index contributed by atoms with van der Waals surface area (Å²) in [6, 6.07) is 15.3. The number of halogens is 2. The lowest BCUT2D eigenvalue weighted by Gasteiger charge is -2.07. The van der Waals surface area contributed by atoms with E-state index in [-0.39, 0.29) is 6.61 Å². The van der Waals surface area contributed by atoms with Crippen molar-refractivity contribution in [2.45, 2.75) is 0 Å². The number of carbonyl (C=O) groups is 2. The second-order valence-electron chi connectivity index (χ2n) is 5.60. The number of ether oxygens (including phenoxy) is 2. The number of amides is 1. The van der Waals surface area contributed by atoms with E-state index in [1.54, 1.807) is 60.0 Å². The zero-order valence-electron chi connectivity index (χ0n) is 14.8. The first-order valence-corrected chi connectivity index (χ1v) is 10.3. The van der Waals surface area contributed by atoms with Crippen LogP contribution in [0.5, 0.6) is 11.5 Å². The molecule has 2 aromatic carbocycles. The van der Waals surface area contributed by atoms with Crippen molar-refractivity contribution in [1.29, 1.82) is 0 Å². The molecule has 0 radical (unpaired) electrons. The van der Waals surface area contributed by atoms with Gasteiger partial charge < -0.3 is 9.47 Å². The lowest BCUT2D eigenvalue weighted by Crippen LogP contribution is -2.24. The molecule has 148 valence electrons. The van der Waals surface area contributed by atoms with Crippen LogP contribution in [0.1, 0.15) is 15.2 Å². The van der Waals surface area contributed by atoms with Crippen molar-refractivity contribution in [1.82, 2.24) is 5.43 Å². The van der Waals surface area contributed by atoms with Gasteiger partial charge in [-0.2, -0.15) is 5.10 Å². The van der Waals surface area contributed by atoms with E-state index in [0.29, 0.717) is 31.4 Å². The molecule has 9 heteroatoms. The van der Waals surface area contributed by atoms with Crippen LogP contribution in [0.15, 0.2) is 69.6 Å². The van der Waals surface area contributed by atoms with Crippen LogP contribution in [0.4, 0.5) is 0 Å². The summed E-state index contributed by atoms with van der Waals surface area (Å²) in [6.45, 7) is -0.212. The summed E-state index contributed by atoms with van der Waals surface area (Å²) < 4.78 is 11.4. The fourth-order valence-corrected chi connectivity index (χ4v) is 3.55. The Bertz CT molecular complexity index is 1040. The Morgan fingerprint density at radius 2 is 2.03 bits per heavy atom. The van der Waals surface area contributed by atoms with Gasteiger partial charge in [0.25, 0.3) is 5.91 Å². The molecule has 0 atom stereocenters. The first-order chi connectivity index (χ1) is 14.0. The van der Waals surface area contributed by atoms with E-state index in [2.05, 4.69) is 26.5 Å². The predicted octanol–water partition coefficient (Wildman–Crippen LogP) is 4.91. The molecule has 3 rings (SSSR count). The highest BCUT2D eigenvalue weighted by Crippen LogP contribution is 2.27. The number of carbonyl (C=O) groups excluding carboxylic acids is 2. The molecule has 6 nitrogen and oxygen atoms in total. The molecule has 0 fully saturated rings. The van der Waals surface area contributed by atoms with E-state index in [4.69, 9.17) is 21.1 Å². The molecule has 1 aromatic heterocycles. The van der Waals surface area contributed by atoms with Crippen molar-refractivity contribution in [2.75, 3.05) is 6.61 Å². The molecule has 0 aliphatic rings. The second kappa shape index (κ2) is 10.2. The lowest BCUT2D eigenvalue weighted by atomic mass is 10.2. The molecule has 0 saturated carbocycles. The quantitative estimate of drug-likeness (QED) is 0.219. The maximum atomic E-state index is 12.0. The van der Waals surface area contributed by atoms with E-state index < -0.39 is 11.9 Å². The Morgan fingerprint density at radius 3 is 2.79 bits per heavy atom. The highest BCUT2D eigenvalue weighted by Gasteiger charge is 2.09. The van der Waals surface area contributed by atoms with Gasteiger partial charge in [-0.05, 0) is 63.3 Å². The van der Waals surface area contributed by atoms with Gasteiger partial charge >= 0.3 is 5.97 Å². The van der Waals surface area contributed by atoms with E-state index in [1.165, 1.54) is 17.6 Å². The number of rotatable bonds is 7. The molecular formula is C20H14BrClN2O4S. The average Bonchev–Trinajstić information content (AvgIpc) is 3.23. The molecule has 0 bridgehead atoms. The van der Waals surface area contributed by atoms with E-state index >= 15 is 0 Å². The zero-order chi connectivity index (χ0) is 20.6. The van der Waals surface area contributed by atoms with Gasteiger partial charge in [0, 0.05) is 5.02 Å². The number of hydrazone groups is 1. The maximum Gasteiger partial charge on any atom is 0.353 e. The highest BCUT2D eigenvalue weighted by molar-refractivity contribution is 9.10. The minimum atomic E-state index is -0.427. The molecule has 0 saturated heterocycles. The summed E-state index contributed by atoms with van der Waals surface area (Å²) in [5.74, 6) is 0.0275. The first kappa shape index (κ1) is 21.0. The number of nitrogens with one attached hydrogen (secondary N) is 1. The number of thiophene rings is 1. The van der Waals surface area contributed by atoms with E-state index in [1.807, 2.05) is 0 Å². The molecule has 0 spiro atoms. The molecule has 0 aliphatic heterocycles. The Balaban J connectivity index is 1.50. The van der Waals surface area contributed by atoms with Crippen LogP contribution in [0.2, 0.25) is 5.02 Å². The van der Waals surface area contributed by atoms with Crippen LogP contribution < -0.4 is 14.9 Å². The number of hydrogen-bond donors (Lipinski definition) is 1. The van der Waals surface area contributed by atoms with E-state index in [9.17, 15) is 9.59 Å². The molecule has 0 aliphatic carbocycles. The fraction of sp³-hybridized carbons (Fsp3) is 0.0500. The fourth-order valence-electron chi connectivity index (χ4n) is 2.16. The van der Waals surface area contributed by atoms with Gasteiger partial charge in [0.15, 0.2) is 6.61 Å². The Labute approximate surface area is 184 Å². The van der Waals surface area contributed by atoms with Gasteiger partial charge in [0.1, 0.15) is 16.4 Å². The largest absolute Gasteiger partial charge is 0.483 e. The summed E-state index contributed by atoms with van der Waals surface area (Å²) in [5, 5.41) is 6.25. The minimum absolute atomic E-state index is 0.212. The Kier molecular flexibility index (Phi) is 7.40. The third-order valence-corrected chi connectivity index (χ3v) is 5.15. The van der Waals surface area contributed by atoms with Gasteiger partial charge in [-0.1, -0.05) is 29.8 Å². The van der Waals surface area contributed by atoms with Gasteiger partial charge in [-0.15, -0.1) is 11.3 Å². The van der Waals surface area contributed by atoms with Crippen molar-refractivity contribution < 1.29 is 19.1 Å². The minimum Gasteiger partial charge on any atom is -0.483 e. The Hall–Kier alpha value is -2.68. The maximum absolute atomic E-state index is 12.0. The molecule has 29 heavy (non-hydrogen) atoms. The molecule has 1 amide bonds. The standard InChI is InChI=1S/C20H14BrClN2O4S/c21-16-10-14(22)6-7-17(16)27-12-19(25)24-23-11-13-3-1-4-15(9-13)28-20(26)18-5-2-8-29-18/h1-11H,12H2,(H,24,25)/b23-11+. The summed E-state index contributed by atoms with van der Waals surface area (Å²) in [4.78, 5) is 24.4. The first-order valence-electron chi connectivity index (χ1n) is 8.27. The topological polar surface area (TPSA) is 77.0 Å². The van der Waals surface area contributed by atoms with Crippen LogP contribution in [0.25, 0.3) is 0 Å². The number of benzene rings is 2. The van der Waals surface area contributed by atoms with Crippen molar-refractivity contribution in [3.8, 4) is 11.5 Å². The van der Waals surface area contributed by atoms with Crippen molar-refractivity contribution in [3.05, 3.63) is 79.9 Å². The summed E-state index contributed by atoms with van der Waals surface area (Å²) in [6.07, 6.45) is 1.44. The van der Waals surface area contributed by atoms with Gasteiger partial charge in [0.05, 0.1) is 10.7 Å². The SMILES string of the molecule is O=C(COc1ccc(Cl)cc1Br)N/N=C/c1cccc(OC(=O)c2cccs2)c1. The van der Waals surface area contributed by atoms with Gasteiger partial charge in [0.2, 0.25) is 0 Å². The zero-order valence-corrected chi connectivity index (χ0v) is 18.0. The monoisotopic (exact) mass is 492 g/mol. The molecule has 1 heterocycles. The van der Waals surface area contributed by atoms with Crippen LogP contribution in [-0.4, -0.2) is 24.7 Å². The Morgan fingerprint density at radius 1 is 1.17 bits per heavy atom. The van der Waals surface area contributed by atoms with Crippen LogP contribution in [-0.2, 0) is 4.79 Å². The third kappa shape index (κ3) is 6.42. The van der Waals surface area contributed by atoms with Crippen LogP contribution >= 0.6 is 38.9 Å². The number of esters is 1. The van der Waals surface area contributed by atoms with E-state index in [0.717, 1.165) is 0 Å². The number of nitrogens with zero attached hydrogens (tertiary/aromatic N) is 1. The smallest absolute Gasteiger partial charge is 0.353 e. The van der Waals surface area contributed by atoms with Crippen molar-refractivity contribution >= 4 is 57.0 Å². The van der Waals surface area contributed by atoms with Crippen molar-refractivity contribution in [2.24, 2.45) is 5.10 Å². The lowest BCUT2D eigenvalue weighted by molar-refractivity contribution is -0.123. The molecule has 0 unspecified atom stereocenters.